The Morgan fingerprint density at radius 1 is 1.13 bits per heavy atom. The lowest BCUT2D eigenvalue weighted by Gasteiger charge is -2.14. The van der Waals surface area contributed by atoms with Crippen LogP contribution in [0.2, 0.25) is 0 Å². The fourth-order valence-electron chi connectivity index (χ4n) is 3.84. The number of H-pyrrole nitrogens is 1. The first-order valence-electron chi connectivity index (χ1n) is 10.3. The molecule has 3 N–H and O–H groups in total. The molecule has 1 atom stereocenters. The van der Waals surface area contributed by atoms with E-state index in [2.05, 4.69) is 20.5 Å². The van der Waals surface area contributed by atoms with Crippen molar-refractivity contribution in [2.24, 2.45) is 5.92 Å². The van der Waals surface area contributed by atoms with Crippen molar-refractivity contribution in [3.05, 3.63) is 66.4 Å². The largest absolute Gasteiger partial charge is 0.396 e. The molecule has 0 bridgehead atoms. The van der Waals surface area contributed by atoms with Gasteiger partial charge in [-0.2, -0.15) is 5.10 Å². The van der Waals surface area contributed by atoms with Crippen LogP contribution in [0.15, 0.2) is 60.7 Å². The van der Waals surface area contributed by atoms with E-state index >= 15 is 0 Å². The molecule has 31 heavy (non-hydrogen) atoms. The first kappa shape index (κ1) is 19.2. The fourth-order valence-corrected chi connectivity index (χ4v) is 3.84. The predicted molar refractivity (Wildman–Crippen MR) is 118 cm³/mol. The number of likely N-dealkylation sites (tertiary alicyclic amines) is 1. The number of aliphatic hydroxyl groups excluding tert-OH is 1. The van der Waals surface area contributed by atoms with Crippen molar-refractivity contribution in [3.8, 4) is 11.4 Å². The standard InChI is InChI=1S/C23H22N6O2/c30-14-15-10-11-29(13-15)23(31)19-12-20(28-27-19)25-22-17-8-4-5-9-18(17)24-21(26-22)16-6-2-1-3-7-16/h1-9,12,15,30H,10-11,13-14H2,(H2,24,25,26,27,28)/t15-/m0/s1. The van der Waals surface area contributed by atoms with Crippen LogP contribution in [0.4, 0.5) is 11.6 Å². The van der Waals surface area contributed by atoms with Crippen molar-refractivity contribution in [2.45, 2.75) is 6.42 Å². The fraction of sp³-hybridized carbons (Fsp3) is 0.217. The highest BCUT2D eigenvalue weighted by molar-refractivity contribution is 5.95. The zero-order valence-corrected chi connectivity index (χ0v) is 16.8. The van der Waals surface area contributed by atoms with Crippen LogP contribution in [0.25, 0.3) is 22.3 Å². The highest BCUT2D eigenvalue weighted by atomic mass is 16.3. The van der Waals surface area contributed by atoms with Gasteiger partial charge in [-0.25, -0.2) is 9.97 Å². The van der Waals surface area contributed by atoms with Crippen LogP contribution in [-0.4, -0.2) is 55.8 Å². The zero-order chi connectivity index (χ0) is 21.2. The Balaban J connectivity index is 1.44. The summed E-state index contributed by atoms with van der Waals surface area (Å²) in [6.07, 6.45) is 0.816. The number of carbonyl (C=O) groups is 1. The van der Waals surface area contributed by atoms with E-state index in [-0.39, 0.29) is 18.4 Å². The highest BCUT2D eigenvalue weighted by Gasteiger charge is 2.27. The number of hydrogen-bond donors (Lipinski definition) is 3. The minimum absolute atomic E-state index is 0.101. The monoisotopic (exact) mass is 414 g/mol. The molecule has 1 aliphatic heterocycles. The topological polar surface area (TPSA) is 107 Å². The van der Waals surface area contributed by atoms with Gasteiger partial charge in [-0.1, -0.05) is 42.5 Å². The van der Waals surface area contributed by atoms with Crippen LogP contribution >= 0.6 is 0 Å². The summed E-state index contributed by atoms with van der Waals surface area (Å²) in [5.74, 6) is 1.77. The molecule has 4 aromatic rings. The first-order valence-corrected chi connectivity index (χ1v) is 10.3. The summed E-state index contributed by atoms with van der Waals surface area (Å²) >= 11 is 0. The Labute approximate surface area is 179 Å². The molecule has 3 heterocycles. The summed E-state index contributed by atoms with van der Waals surface area (Å²) in [6.45, 7) is 1.31. The van der Waals surface area contributed by atoms with E-state index in [1.165, 1.54) is 0 Å². The molecule has 0 radical (unpaired) electrons. The lowest BCUT2D eigenvalue weighted by atomic mass is 10.1. The molecule has 0 unspecified atom stereocenters. The number of hydrogen-bond acceptors (Lipinski definition) is 6. The maximum atomic E-state index is 12.7. The molecule has 1 aliphatic rings. The van der Waals surface area contributed by atoms with Crippen molar-refractivity contribution < 1.29 is 9.90 Å². The summed E-state index contributed by atoms with van der Waals surface area (Å²) in [7, 11) is 0. The summed E-state index contributed by atoms with van der Waals surface area (Å²) in [5, 5.41) is 20.5. The normalized spacial score (nSPS) is 16.0. The molecule has 5 rings (SSSR count). The number of aliphatic hydroxyl groups is 1. The van der Waals surface area contributed by atoms with Gasteiger partial charge >= 0.3 is 0 Å². The smallest absolute Gasteiger partial charge is 0.271 e. The number of carbonyl (C=O) groups excluding carboxylic acids is 1. The quantitative estimate of drug-likeness (QED) is 0.463. The van der Waals surface area contributed by atoms with Gasteiger partial charge in [-0.05, 0) is 18.6 Å². The molecule has 0 saturated carbocycles. The van der Waals surface area contributed by atoms with Gasteiger partial charge in [0, 0.05) is 42.6 Å². The van der Waals surface area contributed by atoms with E-state index in [0.717, 1.165) is 22.9 Å². The van der Waals surface area contributed by atoms with Crippen molar-refractivity contribution >= 4 is 28.4 Å². The lowest BCUT2D eigenvalue weighted by molar-refractivity contribution is 0.0776. The SMILES string of the molecule is O=C(c1cc(Nc2nc(-c3ccccc3)nc3ccccc23)n[nH]1)N1CC[C@H](CO)C1. The Hall–Kier alpha value is -3.78. The van der Waals surface area contributed by atoms with Crippen LogP contribution in [0.5, 0.6) is 0 Å². The second-order valence-electron chi connectivity index (χ2n) is 7.66. The second-order valence-corrected chi connectivity index (χ2v) is 7.66. The molecule has 0 aliphatic carbocycles. The van der Waals surface area contributed by atoms with E-state index in [0.29, 0.717) is 36.2 Å². The number of amides is 1. The average molecular weight is 414 g/mol. The molecule has 2 aromatic carbocycles. The second kappa shape index (κ2) is 8.16. The summed E-state index contributed by atoms with van der Waals surface area (Å²) in [4.78, 5) is 23.9. The van der Waals surface area contributed by atoms with Crippen LogP contribution in [0.1, 0.15) is 16.9 Å². The van der Waals surface area contributed by atoms with Crippen molar-refractivity contribution in [2.75, 3.05) is 25.0 Å². The van der Waals surface area contributed by atoms with Gasteiger partial charge in [0.05, 0.1) is 5.52 Å². The number of aromatic amines is 1. The third-order valence-electron chi connectivity index (χ3n) is 5.52. The summed E-state index contributed by atoms with van der Waals surface area (Å²) in [6, 6.07) is 19.2. The van der Waals surface area contributed by atoms with Gasteiger partial charge in [0.2, 0.25) is 0 Å². The van der Waals surface area contributed by atoms with Gasteiger partial charge < -0.3 is 15.3 Å². The third kappa shape index (κ3) is 3.85. The number of nitrogens with zero attached hydrogens (tertiary/aromatic N) is 4. The third-order valence-corrected chi connectivity index (χ3v) is 5.52. The van der Waals surface area contributed by atoms with E-state index in [4.69, 9.17) is 4.98 Å². The average Bonchev–Trinajstić information content (AvgIpc) is 3.49. The van der Waals surface area contributed by atoms with Crippen molar-refractivity contribution in [1.29, 1.82) is 0 Å². The molecule has 1 amide bonds. The number of aromatic nitrogens is 4. The Morgan fingerprint density at radius 3 is 2.74 bits per heavy atom. The number of benzene rings is 2. The van der Waals surface area contributed by atoms with Crippen LogP contribution in [0.3, 0.4) is 0 Å². The predicted octanol–water partition coefficient (Wildman–Crippen LogP) is 3.22. The van der Waals surface area contributed by atoms with Gasteiger partial charge in [-0.3, -0.25) is 9.89 Å². The van der Waals surface area contributed by atoms with E-state index in [9.17, 15) is 9.90 Å². The van der Waals surface area contributed by atoms with Gasteiger partial charge in [0.25, 0.3) is 5.91 Å². The van der Waals surface area contributed by atoms with Crippen molar-refractivity contribution in [3.63, 3.8) is 0 Å². The minimum Gasteiger partial charge on any atom is -0.396 e. The number of nitrogens with one attached hydrogen (secondary N) is 2. The molecular formula is C23H22N6O2. The molecule has 8 nitrogen and oxygen atoms in total. The van der Waals surface area contributed by atoms with Crippen LogP contribution in [-0.2, 0) is 0 Å². The number of anilines is 2. The molecule has 156 valence electrons. The molecule has 8 heteroatoms. The summed E-state index contributed by atoms with van der Waals surface area (Å²) in [5.41, 5.74) is 2.14. The molecule has 1 fully saturated rings. The van der Waals surface area contributed by atoms with Crippen LogP contribution in [0, 0.1) is 5.92 Å². The maximum absolute atomic E-state index is 12.7. The minimum atomic E-state index is -0.117. The van der Waals surface area contributed by atoms with Crippen LogP contribution < -0.4 is 5.32 Å². The summed E-state index contributed by atoms with van der Waals surface area (Å²) < 4.78 is 0. The number of fused-ring (bicyclic) bond motifs is 1. The maximum Gasteiger partial charge on any atom is 0.271 e. The Kier molecular flexibility index (Phi) is 5.05. The molecule has 2 aromatic heterocycles. The van der Waals surface area contributed by atoms with E-state index in [1.54, 1.807) is 11.0 Å². The first-order chi connectivity index (χ1) is 15.2. The number of para-hydroxylation sites is 1. The zero-order valence-electron chi connectivity index (χ0n) is 16.8. The lowest BCUT2D eigenvalue weighted by Crippen LogP contribution is -2.29. The van der Waals surface area contributed by atoms with Gasteiger partial charge in [0.1, 0.15) is 11.5 Å². The van der Waals surface area contributed by atoms with Gasteiger partial charge in [-0.15, -0.1) is 0 Å². The van der Waals surface area contributed by atoms with E-state index < -0.39 is 0 Å². The Morgan fingerprint density at radius 2 is 1.94 bits per heavy atom. The Bertz CT molecular complexity index is 1220. The van der Waals surface area contributed by atoms with E-state index in [1.807, 2.05) is 54.6 Å². The molecule has 0 spiro atoms. The molecule has 1 saturated heterocycles. The molecular weight excluding hydrogens is 392 g/mol. The van der Waals surface area contributed by atoms with Gasteiger partial charge in [0.15, 0.2) is 11.6 Å². The van der Waals surface area contributed by atoms with Crippen molar-refractivity contribution in [1.82, 2.24) is 25.1 Å². The highest BCUT2D eigenvalue weighted by Crippen LogP contribution is 2.27. The number of rotatable bonds is 5.